The van der Waals surface area contributed by atoms with E-state index < -0.39 is 22.2 Å². The van der Waals surface area contributed by atoms with Crippen molar-refractivity contribution in [2.75, 3.05) is 31.5 Å². The van der Waals surface area contributed by atoms with Gasteiger partial charge in [-0.05, 0) is 25.9 Å². The highest BCUT2D eigenvalue weighted by Crippen LogP contribution is 2.28. The summed E-state index contributed by atoms with van der Waals surface area (Å²) in [6.07, 6.45) is 3.52. The summed E-state index contributed by atoms with van der Waals surface area (Å²) in [6, 6.07) is 1.48. The average Bonchev–Trinajstić information content (AvgIpc) is 2.38. The number of hydrogen-bond donors (Lipinski definition) is 1. The number of nitro benzene ring substituents is 1. The van der Waals surface area contributed by atoms with Crippen LogP contribution in [0, 0.1) is 21.7 Å². The van der Waals surface area contributed by atoms with Gasteiger partial charge in [0.05, 0.1) is 4.92 Å². The van der Waals surface area contributed by atoms with Crippen molar-refractivity contribution < 1.29 is 13.7 Å². The molecular weight excluding hydrogens is 268 g/mol. The van der Waals surface area contributed by atoms with E-state index in [4.69, 9.17) is 0 Å². The van der Waals surface area contributed by atoms with E-state index in [1.54, 1.807) is 0 Å². The number of likely N-dealkylation sites (tertiary alicyclic amines) is 1. The number of rotatable bonds is 5. The molecule has 0 unspecified atom stereocenters. The van der Waals surface area contributed by atoms with Crippen molar-refractivity contribution in [2.45, 2.75) is 19.3 Å². The molecule has 0 bridgehead atoms. The second-order valence-corrected chi connectivity index (χ2v) is 4.87. The van der Waals surface area contributed by atoms with Gasteiger partial charge in [0.1, 0.15) is 11.5 Å². The van der Waals surface area contributed by atoms with Gasteiger partial charge in [0, 0.05) is 25.2 Å². The number of benzene rings is 1. The van der Waals surface area contributed by atoms with Crippen molar-refractivity contribution in [1.29, 1.82) is 0 Å². The van der Waals surface area contributed by atoms with Crippen LogP contribution in [0.3, 0.4) is 0 Å². The third kappa shape index (κ3) is 3.63. The standard InChI is InChI=1S/C13H17F2N3O2/c14-10-8-11(15)13(18(19)20)12(9-10)16-4-7-17-5-2-1-3-6-17/h8-9,16H,1-7H2. The molecule has 7 heteroatoms. The lowest BCUT2D eigenvalue weighted by atomic mass is 10.1. The maximum absolute atomic E-state index is 13.4. The first kappa shape index (κ1) is 14.6. The lowest BCUT2D eigenvalue weighted by Crippen LogP contribution is -2.33. The minimum Gasteiger partial charge on any atom is -0.378 e. The number of anilines is 1. The molecule has 1 saturated heterocycles. The number of nitrogens with zero attached hydrogens (tertiary/aromatic N) is 2. The molecule has 0 spiro atoms. The summed E-state index contributed by atoms with van der Waals surface area (Å²) < 4.78 is 26.6. The minimum atomic E-state index is -1.16. The summed E-state index contributed by atoms with van der Waals surface area (Å²) in [5, 5.41) is 13.6. The molecule has 0 aliphatic carbocycles. The Morgan fingerprint density at radius 3 is 2.60 bits per heavy atom. The second-order valence-electron chi connectivity index (χ2n) is 4.87. The van der Waals surface area contributed by atoms with Crippen LogP contribution < -0.4 is 5.32 Å². The third-order valence-electron chi connectivity index (χ3n) is 3.40. The average molecular weight is 285 g/mol. The highest BCUT2D eigenvalue weighted by molar-refractivity contribution is 5.62. The zero-order valence-electron chi connectivity index (χ0n) is 11.1. The van der Waals surface area contributed by atoms with E-state index in [1.165, 1.54) is 6.42 Å². The quantitative estimate of drug-likeness (QED) is 0.667. The Morgan fingerprint density at radius 2 is 1.95 bits per heavy atom. The molecule has 1 aromatic rings. The minimum absolute atomic E-state index is 0.107. The molecule has 0 saturated carbocycles. The molecule has 1 fully saturated rings. The van der Waals surface area contributed by atoms with Crippen molar-refractivity contribution in [2.24, 2.45) is 0 Å². The van der Waals surface area contributed by atoms with Crippen LogP contribution in [-0.2, 0) is 0 Å². The number of halogens is 2. The topological polar surface area (TPSA) is 58.4 Å². The fourth-order valence-electron chi connectivity index (χ4n) is 2.42. The van der Waals surface area contributed by atoms with Crippen LogP contribution in [0.1, 0.15) is 19.3 Å². The fourth-order valence-corrected chi connectivity index (χ4v) is 2.42. The zero-order valence-corrected chi connectivity index (χ0v) is 11.1. The predicted molar refractivity (Wildman–Crippen MR) is 71.8 cm³/mol. The molecule has 110 valence electrons. The predicted octanol–water partition coefficient (Wildman–Crippen LogP) is 2.77. The van der Waals surface area contributed by atoms with Crippen LogP contribution in [0.2, 0.25) is 0 Å². The summed E-state index contributed by atoms with van der Waals surface area (Å²) in [4.78, 5) is 12.2. The molecule has 2 rings (SSSR count). The van der Waals surface area contributed by atoms with Gasteiger partial charge in [-0.3, -0.25) is 10.1 Å². The van der Waals surface area contributed by atoms with Crippen LogP contribution in [0.25, 0.3) is 0 Å². The van der Waals surface area contributed by atoms with E-state index in [-0.39, 0.29) is 5.69 Å². The van der Waals surface area contributed by atoms with Gasteiger partial charge in [0.25, 0.3) is 0 Å². The van der Waals surface area contributed by atoms with E-state index in [0.717, 1.165) is 32.0 Å². The molecule has 0 atom stereocenters. The fraction of sp³-hybridized carbons (Fsp3) is 0.538. The number of hydrogen-bond acceptors (Lipinski definition) is 4. The van der Waals surface area contributed by atoms with Gasteiger partial charge in [0.15, 0.2) is 0 Å². The van der Waals surface area contributed by atoms with E-state index in [0.29, 0.717) is 19.2 Å². The zero-order chi connectivity index (χ0) is 14.5. The molecule has 0 amide bonds. The van der Waals surface area contributed by atoms with Gasteiger partial charge in [-0.2, -0.15) is 4.39 Å². The lowest BCUT2D eigenvalue weighted by Gasteiger charge is -2.26. The number of piperidine rings is 1. The normalized spacial score (nSPS) is 16.1. The summed E-state index contributed by atoms with van der Waals surface area (Å²) in [7, 11) is 0. The van der Waals surface area contributed by atoms with Gasteiger partial charge >= 0.3 is 5.69 Å². The Hall–Kier alpha value is -1.76. The van der Waals surface area contributed by atoms with Crippen LogP contribution in [0.5, 0.6) is 0 Å². The van der Waals surface area contributed by atoms with Gasteiger partial charge in [-0.15, -0.1) is 0 Å². The smallest absolute Gasteiger partial charge is 0.327 e. The molecule has 1 heterocycles. The van der Waals surface area contributed by atoms with Crippen molar-refractivity contribution in [3.63, 3.8) is 0 Å². The Balaban J connectivity index is 1.99. The molecule has 0 radical (unpaired) electrons. The van der Waals surface area contributed by atoms with E-state index in [2.05, 4.69) is 10.2 Å². The first-order chi connectivity index (χ1) is 9.58. The van der Waals surface area contributed by atoms with Crippen molar-refractivity contribution in [3.8, 4) is 0 Å². The number of nitro groups is 1. The molecule has 20 heavy (non-hydrogen) atoms. The molecule has 5 nitrogen and oxygen atoms in total. The van der Waals surface area contributed by atoms with Crippen LogP contribution >= 0.6 is 0 Å². The Morgan fingerprint density at radius 1 is 1.25 bits per heavy atom. The van der Waals surface area contributed by atoms with Gasteiger partial charge in [0.2, 0.25) is 5.82 Å². The molecule has 0 aromatic heterocycles. The Bertz CT molecular complexity index is 491. The van der Waals surface area contributed by atoms with Crippen LogP contribution in [0.15, 0.2) is 12.1 Å². The highest BCUT2D eigenvalue weighted by atomic mass is 19.1. The first-order valence-corrected chi connectivity index (χ1v) is 6.67. The Labute approximate surface area is 115 Å². The molecule has 1 aliphatic heterocycles. The monoisotopic (exact) mass is 285 g/mol. The van der Waals surface area contributed by atoms with E-state index in [9.17, 15) is 18.9 Å². The maximum Gasteiger partial charge on any atom is 0.327 e. The molecule has 1 aliphatic rings. The Kier molecular flexibility index (Phi) is 4.84. The molecule has 1 aromatic carbocycles. The SMILES string of the molecule is O=[N+]([O-])c1c(F)cc(F)cc1NCCN1CCCCC1. The van der Waals surface area contributed by atoms with Crippen LogP contribution in [-0.4, -0.2) is 36.0 Å². The van der Waals surface area contributed by atoms with Gasteiger partial charge in [-0.25, -0.2) is 4.39 Å². The van der Waals surface area contributed by atoms with Crippen molar-refractivity contribution >= 4 is 11.4 Å². The maximum atomic E-state index is 13.4. The largest absolute Gasteiger partial charge is 0.378 e. The van der Waals surface area contributed by atoms with E-state index >= 15 is 0 Å². The molecular formula is C13H17F2N3O2. The number of nitrogens with one attached hydrogen (secondary N) is 1. The third-order valence-corrected chi connectivity index (χ3v) is 3.40. The van der Waals surface area contributed by atoms with Crippen LogP contribution in [0.4, 0.5) is 20.2 Å². The second kappa shape index (κ2) is 6.60. The first-order valence-electron chi connectivity index (χ1n) is 6.67. The molecule has 1 N–H and O–H groups in total. The van der Waals surface area contributed by atoms with Crippen molar-refractivity contribution in [1.82, 2.24) is 4.90 Å². The lowest BCUT2D eigenvalue weighted by molar-refractivity contribution is -0.386. The summed E-state index contributed by atoms with van der Waals surface area (Å²) >= 11 is 0. The summed E-state index contributed by atoms with van der Waals surface area (Å²) in [6.45, 7) is 3.13. The summed E-state index contributed by atoms with van der Waals surface area (Å²) in [5.41, 5.74) is -0.811. The van der Waals surface area contributed by atoms with Gasteiger partial charge in [-0.1, -0.05) is 6.42 Å². The van der Waals surface area contributed by atoms with Crippen molar-refractivity contribution in [3.05, 3.63) is 33.9 Å². The summed E-state index contributed by atoms with van der Waals surface area (Å²) in [5.74, 6) is -1.98. The van der Waals surface area contributed by atoms with Gasteiger partial charge < -0.3 is 10.2 Å². The van der Waals surface area contributed by atoms with E-state index in [1.807, 2.05) is 0 Å². The highest BCUT2D eigenvalue weighted by Gasteiger charge is 2.22.